The van der Waals surface area contributed by atoms with Crippen LogP contribution in [-0.4, -0.2) is 20.4 Å². The third-order valence-corrected chi connectivity index (χ3v) is 3.09. The van der Waals surface area contributed by atoms with E-state index in [9.17, 15) is 4.79 Å². The van der Waals surface area contributed by atoms with Crippen LogP contribution in [0.15, 0.2) is 55.0 Å². The molecule has 6 nitrogen and oxygen atoms in total. The molecule has 0 bridgehead atoms. The minimum atomic E-state index is -0.507. The first-order valence-electron chi connectivity index (χ1n) is 6.30. The Morgan fingerprint density at radius 2 is 1.86 bits per heavy atom. The molecule has 6 heteroatoms. The molecule has 1 amide bonds. The molecule has 0 spiro atoms. The van der Waals surface area contributed by atoms with Gasteiger partial charge >= 0.3 is 0 Å². The van der Waals surface area contributed by atoms with Gasteiger partial charge in [-0.15, -0.1) is 0 Å². The fourth-order valence-electron chi connectivity index (χ4n) is 2.13. The van der Waals surface area contributed by atoms with E-state index in [2.05, 4.69) is 9.97 Å². The molecule has 0 saturated heterocycles. The summed E-state index contributed by atoms with van der Waals surface area (Å²) in [6.07, 6.45) is 3.19. The summed E-state index contributed by atoms with van der Waals surface area (Å²) in [6, 6.07) is 12.8. The zero-order valence-corrected chi connectivity index (χ0v) is 11.1. The van der Waals surface area contributed by atoms with Crippen LogP contribution in [0.5, 0.6) is 0 Å². The number of carbonyl (C=O) groups excluding carboxylic acids is 1. The normalized spacial score (nSPS) is 10.5. The summed E-state index contributed by atoms with van der Waals surface area (Å²) in [5.74, 6) is -0.139. The number of benzene rings is 1. The maximum atomic E-state index is 11.7. The first-order chi connectivity index (χ1) is 10.1. The summed E-state index contributed by atoms with van der Waals surface area (Å²) in [6.45, 7) is 0. The van der Waals surface area contributed by atoms with Crippen LogP contribution in [0.2, 0.25) is 0 Å². The van der Waals surface area contributed by atoms with E-state index < -0.39 is 5.91 Å². The van der Waals surface area contributed by atoms with Crippen LogP contribution >= 0.6 is 0 Å². The van der Waals surface area contributed by atoms with Crippen LogP contribution in [0.1, 0.15) is 10.5 Å². The Balaban J connectivity index is 2.15. The van der Waals surface area contributed by atoms with Gasteiger partial charge in [0.05, 0.1) is 5.69 Å². The highest BCUT2D eigenvalue weighted by molar-refractivity contribution is 5.93. The lowest BCUT2D eigenvalue weighted by Crippen LogP contribution is -2.15. The summed E-state index contributed by atoms with van der Waals surface area (Å²) in [4.78, 5) is 19.7. The van der Waals surface area contributed by atoms with Crippen LogP contribution in [0.25, 0.3) is 16.9 Å². The smallest absolute Gasteiger partial charge is 0.265 e. The van der Waals surface area contributed by atoms with E-state index >= 15 is 0 Å². The van der Waals surface area contributed by atoms with Gasteiger partial charge in [0.1, 0.15) is 17.8 Å². The molecule has 0 aliphatic heterocycles. The van der Waals surface area contributed by atoms with Crippen molar-refractivity contribution in [2.24, 2.45) is 5.73 Å². The van der Waals surface area contributed by atoms with E-state index in [1.165, 1.54) is 6.33 Å². The first kappa shape index (κ1) is 12.9. The molecule has 2 heterocycles. The second-order valence-electron chi connectivity index (χ2n) is 4.51. The van der Waals surface area contributed by atoms with Crippen LogP contribution in [0.3, 0.4) is 0 Å². The molecule has 0 saturated carbocycles. The van der Waals surface area contributed by atoms with Gasteiger partial charge in [-0.1, -0.05) is 18.2 Å². The van der Waals surface area contributed by atoms with Gasteiger partial charge in [0.15, 0.2) is 0 Å². The van der Waals surface area contributed by atoms with E-state index in [1.54, 1.807) is 22.9 Å². The molecule has 0 radical (unpaired) electrons. The molecule has 0 atom stereocenters. The van der Waals surface area contributed by atoms with Crippen molar-refractivity contribution in [2.45, 2.75) is 0 Å². The maximum Gasteiger partial charge on any atom is 0.265 e. The highest BCUT2D eigenvalue weighted by Gasteiger charge is 2.14. The van der Waals surface area contributed by atoms with Crippen molar-refractivity contribution in [3.63, 3.8) is 0 Å². The van der Waals surface area contributed by atoms with Crippen LogP contribution < -0.4 is 11.5 Å². The lowest BCUT2D eigenvalue weighted by atomic mass is 10.2. The minimum absolute atomic E-state index is 0.369. The average Bonchev–Trinajstić information content (AvgIpc) is 2.93. The van der Waals surface area contributed by atoms with Gasteiger partial charge in [0.2, 0.25) is 0 Å². The Morgan fingerprint density at radius 1 is 1.10 bits per heavy atom. The molecule has 0 aliphatic rings. The van der Waals surface area contributed by atoms with Crippen molar-refractivity contribution in [3.8, 4) is 16.9 Å². The molecule has 0 unspecified atom stereocenters. The maximum absolute atomic E-state index is 11.7. The number of primary amides is 1. The summed E-state index contributed by atoms with van der Waals surface area (Å²) in [5.41, 5.74) is 13.7. The van der Waals surface area contributed by atoms with Gasteiger partial charge in [-0.25, -0.2) is 9.97 Å². The second kappa shape index (κ2) is 5.09. The number of nitrogens with zero attached hydrogens (tertiary/aromatic N) is 3. The third-order valence-electron chi connectivity index (χ3n) is 3.09. The number of rotatable bonds is 3. The van der Waals surface area contributed by atoms with Gasteiger partial charge in [-0.2, -0.15) is 0 Å². The molecule has 1 aromatic carbocycles. The lowest BCUT2D eigenvalue weighted by Gasteiger charge is -2.05. The molecule has 3 rings (SSSR count). The number of amides is 1. The molecule has 3 aromatic rings. The summed E-state index contributed by atoms with van der Waals surface area (Å²) in [7, 11) is 0. The molecule has 0 fully saturated rings. The van der Waals surface area contributed by atoms with E-state index in [1.807, 2.05) is 30.3 Å². The molecule has 104 valence electrons. The Bertz CT molecular complexity index is 795. The van der Waals surface area contributed by atoms with Crippen molar-refractivity contribution in [3.05, 3.63) is 60.7 Å². The standard InChI is InChI=1S/C15H13N5O/c16-14-7-12(18-9-19-14)10-6-13(15(17)21)20(8-10)11-4-2-1-3-5-11/h1-9H,(H2,17,21)(H2,16,18,19). The van der Waals surface area contributed by atoms with E-state index in [0.29, 0.717) is 17.2 Å². The van der Waals surface area contributed by atoms with Gasteiger partial charge in [-0.05, 0) is 18.2 Å². The summed E-state index contributed by atoms with van der Waals surface area (Å²) < 4.78 is 1.73. The number of hydrogen-bond donors (Lipinski definition) is 2. The van der Waals surface area contributed by atoms with Crippen molar-refractivity contribution in [2.75, 3.05) is 5.73 Å². The second-order valence-corrected chi connectivity index (χ2v) is 4.51. The van der Waals surface area contributed by atoms with Crippen molar-refractivity contribution < 1.29 is 4.79 Å². The molecule has 0 aliphatic carbocycles. The van der Waals surface area contributed by atoms with Crippen molar-refractivity contribution in [1.29, 1.82) is 0 Å². The largest absolute Gasteiger partial charge is 0.384 e. The average molecular weight is 279 g/mol. The first-order valence-corrected chi connectivity index (χ1v) is 6.30. The van der Waals surface area contributed by atoms with E-state index in [4.69, 9.17) is 11.5 Å². The monoisotopic (exact) mass is 279 g/mol. The minimum Gasteiger partial charge on any atom is -0.384 e. The third kappa shape index (κ3) is 2.46. The number of nitrogen functional groups attached to an aromatic ring is 1. The number of nitrogens with two attached hydrogens (primary N) is 2. The van der Waals surface area contributed by atoms with Gasteiger partial charge in [0, 0.05) is 23.5 Å². The molecule has 4 N–H and O–H groups in total. The van der Waals surface area contributed by atoms with Crippen LogP contribution in [-0.2, 0) is 0 Å². The van der Waals surface area contributed by atoms with Gasteiger partial charge in [-0.3, -0.25) is 4.79 Å². The molecular formula is C15H13N5O. The molecule has 21 heavy (non-hydrogen) atoms. The van der Waals surface area contributed by atoms with Gasteiger partial charge in [0.25, 0.3) is 5.91 Å². The number of para-hydroxylation sites is 1. The predicted molar refractivity (Wildman–Crippen MR) is 79.7 cm³/mol. The number of anilines is 1. The predicted octanol–water partition coefficient (Wildman–Crippen LogP) is 1.62. The summed E-state index contributed by atoms with van der Waals surface area (Å²) in [5, 5.41) is 0. The topological polar surface area (TPSA) is 99.8 Å². The number of hydrogen-bond acceptors (Lipinski definition) is 4. The Morgan fingerprint density at radius 3 is 2.52 bits per heavy atom. The van der Waals surface area contributed by atoms with Crippen molar-refractivity contribution >= 4 is 11.7 Å². The molecular weight excluding hydrogens is 266 g/mol. The van der Waals surface area contributed by atoms with Crippen molar-refractivity contribution in [1.82, 2.24) is 14.5 Å². The Kier molecular flexibility index (Phi) is 3.12. The number of carbonyl (C=O) groups is 1. The molecule has 2 aromatic heterocycles. The summed E-state index contributed by atoms with van der Waals surface area (Å²) >= 11 is 0. The van der Waals surface area contributed by atoms with Crippen LogP contribution in [0.4, 0.5) is 5.82 Å². The lowest BCUT2D eigenvalue weighted by molar-refractivity contribution is 0.0994. The Hall–Kier alpha value is -3.15. The van der Waals surface area contributed by atoms with E-state index in [-0.39, 0.29) is 0 Å². The highest BCUT2D eigenvalue weighted by atomic mass is 16.1. The Labute approximate surface area is 121 Å². The zero-order chi connectivity index (χ0) is 14.8. The highest BCUT2D eigenvalue weighted by Crippen LogP contribution is 2.23. The zero-order valence-electron chi connectivity index (χ0n) is 11.1. The SMILES string of the molecule is NC(=O)c1cc(-c2cc(N)ncn2)cn1-c1ccccc1. The fraction of sp³-hybridized carbons (Fsp3) is 0. The quantitative estimate of drug-likeness (QED) is 0.760. The van der Waals surface area contributed by atoms with E-state index in [0.717, 1.165) is 11.3 Å². The number of aromatic nitrogens is 3. The van der Waals surface area contributed by atoms with Gasteiger partial charge < -0.3 is 16.0 Å². The van der Waals surface area contributed by atoms with Crippen LogP contribution in [0, 0.1) is 0 Å². The fourth-order valence-corrected chi connectivity index (χ4v) is 2.13.